The van der Waals surface area contributed by atoms with E-state index in [4.69, 9.17) is 19.9 Å². The number of nitrogens with two attached hydrogens (primary N) is 1. The number of rotatable bonds is 9. The molecule has 1 rings (SSSR count). The number of ether oxygens (including phenoxy) is 3. The third-order valence-electron chi connectivity index (χ3n) is 2.11. The van der Waals surface area contributed by atoms with Crippen LogP contribution in [0.2, 0.25) is 0 Å². The summed E-state index contributed by atoms with van der Waals surface area (Å²) in [5.41, 5.74) is 5.31. The topological polar surface area (TPSA) is 91.5 Å². The average Bonchev–Trinajstić information content (AvgIpc) is 2.42. The molecule has 0 radical (unpaired) electrons. The molecule has 0 aliphatic carbocycles. The first-order valence-corrected chi connectivity index (χ1v) is 5.79. The second-order valence-electron chi connectivity index (χ2n) is 3.46. The van der Waals surface area contributed by atoms with Gasteiger partial charge < -0.3 is 25.3 Å². The molecule has 18 heavy (non-hydrogen) atoms. The van der Waals surface area contributed by atoms with Crippen molar-refractivity contribution in [2.45, 2.75) is 6.42 Å². The molecule has 3 N–H and O–H groups in total. The summed E-state index contributed by atoms with van der Waals surface area (Å²) in [6, 6.07) is 1.62. The summed E-state index contributed by atoms with van der Waals surface area (Å²) < 4.78 is 15.3. The average molecular weight is 256 g/mol. The predicted octanol–water partition coefficient (Wildman–Crippen LogP) is 0.271. The van der Waals surface area contributed by atoms with Gasteiger partial charge in [0, 0.05) is 19.7 Å². The van der Waals surface area contributed by atoms with Crippen LogP contribution in [-0.4, -0.2) is 50.5 Å². The third kappa shape index (κ3) is 5.15. The van der Waals surface area contributed by atoms with Crippen molar-refractivity contribution >= 4 is 5.95 Å². The highest BCUT2D eigenvalue weighted by molar-refractivity contribution is 5.33. The molecule has 0 atom stereocenters. The third-order valence-corrected chi connectivity index (χ3v) is 2.11. The lowest BCUT2D eigenvalue weighted by Gasteiger charge is -2.08. The fourth-order valence-electron chi connectivity index (χ4n) is 1.25. The molecule has 0 aliphatic heterocycles. The summed E-state index contributed by atoms with van der Waals surface area (Å²) in [5.74, 6) is 1.40. The molecule has 0 unspecified atom stereocenters. The van der Waals surface area contributed by atoms with Crippen LogP contribution in [0.3, 0.4) is 0 Å². The van der Waals surface area contributed by atoms with Gasteiger partial charge in [0.1, 0.15) is 0 Å². The van der Waals surface area contributed by atoms with Crippen LogP contribution < -0.4 is 20.5 Å². The van der Waals surface area contributed by atoms with Crippen LogP contribution in [0, 0.1) is 0 Å². The summed E-state index contributed by atoms with van der Waals surface area (Å²) >= 11 is 0. The first-order chi connectivity index (χ1) is 8.80. The zero-order valence-electron chi connectivity index (χ0n) is 10.8. The van der Waals surface area contributed by atoms with Crippen molar-refractivity contribution < 1.29 is 14.2 Å². The molecule has 1 heterocycles. The van der Waals surface area contributed by atoms with Crippen LogP contribution in [-0.2, 0) is 4.74 Å². The Hall–Kier alpha value is -1.60. The molecule has 7 heteroatoms. The van der Waals surface area contributed by atoms with Gasteiger partial charge in [0.2, 0.25) is 17.7 Å². The quantitative estimate of drug-likeness (QED) is 0.613. The molecule has 0 fully saturated rings. The molecule has 0 saturated heterocycles. The Morgan fingerprint density at radius 3 is 2.39 bits per heavy atom. The second kappa shape index (κ2) is 8.48. The number of aromatic nitrogens is 2. The highest BCUT2D eigenvalue weighted by Crippen LogP contribution is 2.16. The molecule has 0 saturated carbocycles. The minimum Gasteiger partial charge on any atom is -0.481 e. The van der Waals surface area contributed by atoms with E-state index < -0.39 is 0 Å². The first-order valence-electron chi connectivity index (χ1n) is 5.79. The molecule has 7 nitrogen and oxygen atoms in total. The molecule has 0 amide bonds. The second-order valence-corrected chi connectivity index (χ2v) is 3.46. The molecule has 0 aliphatic rings. The largest absolute Gasteiger partial charge is 0.481 e. The van der Waals surface area contributed by atoms with Gasteiger partial charge in [-0.15, -0.1) is 0 Å². The fourth-order valence-corrected chi connectivity index (χ4v) is 1.25. The van der Waals surface area contributed by atoms with Crippen LogP contribution in [0.1, 0.15) is 6.42 Å². The molecule has 0 bridgehead atoms. The SMILES string of the molecule is COc1cc(OC)nc(NCCCOCCN)n1. The Labute approximate surface area is 107 Å². The summed E-state index contributed by atoms with van der Waals surface area (Å²) in [6.45, 7) is 2.50. The molecule has 1 aromatic heterocycles. The first kappa shape index (κ1) is 14.5. The van der Waals surface area contributed by atoms with Gasteiger partial charge in [-0.2, -0.15) is 9.97 Å². The number of nitrogens with one attached hydrogen (secondary N) is 1. The van der Waals surface area contributed by atoms with Crippen LogP contribution in [0.4, 0.5) is 5.95 Å². The Bertz CT molecular complexity index is 327. The number of hydrogen-bond donors (Lipinski definition) is 2. The Balaban J connectivity index is 2.36. The number of nitrogens with zero attached hydrogens (tertiary/aromatic N) is 2. The minimum atomic E-state index is 0.462. The minimum absolute atomic E-state index is 0.462. The molecule has 0 spiro atoms. The highest BCUT2D eigenvalue weighted by Gasteiger charge is 2.04. The van der Waals surface area contributed by atoms with E-state index in [1.807, 2.05) is 0 Å². The Kier molecular flexibility index (Phi) is 6.82. The van der Waals surface area contributed by atoms with Gasteiger partial charge in [-0.1, -0.05) is 0 Å². The molecular formula is C11H20N4O3. The molecule has 0 aromatic carbocycles. The van der Waals surface area contributed by atoms with Crippen molar-refractivity contribution in [1.29, 1.82) is 0 Å². The van der Waals surface area contributed by atoms with Crippen LogP contribution in [0.5, 0.6) is 11.8 Å². The Morgan fingerprint density at radius 2 is 1.83 bits per heavy atom. The maximum absolute atomic E-state index is 5.31. The molecule has 102 valence electrons. The van der Waals surface area contributed by atoms with Gasteiger partial charge in [-0.3, -0.25) is 0 Å². The van der Waals surface area contributed by atoms with Gasteiger partial charge in [0.15, 0.2) is 0 Å². The van der Waals surface area contributed by atoms with E-state index in [1.54, 1.807) is 20.3 Å². The van der Waals surface area contributed by atoms with Crippen molar-refractivity contribution in [2.24, 2.45) is 5.73 Å². The number of methoxy groups -OCH3 is 2. The van der Waals surface area contributed by atoms with Gasteiger partial charge in [-0.05, 0) is 6.42 Å². The van der Waals surface area contributed by atoms with E-state index in [-0.39, 0.29) is 0 Å². The van der Waals surface area contributed by atoms with Gasteiger partial charge in [0.05, 0.1) is 26.9 Å². The van der Waals surface area contributed by atoms with Crippen molar-refractivity contribution in [3.63, 3.8) is 0 Å². The lowest BCUT2D eigenvalue weighted by atomic mass is 10.4. The maximum Gasteiger partial charge on any atom is 0.229 e. The maximum atomic E-state index is 5.31. The van der Waals surface area contributed by atoms with E-state index >= 15 is 0 Å². The normalized spacial score (nSPS) is 10.2. The zero-order chi connectivity index (χ0) is 13.2. The molecular weight excluding hydrogens is 236 g/mol. The lowest BCUT2D eigenvalue weighted by Crippen LogP contribution is -2.12. The van der Waals surface area contributed by atoms with Gasteiger partial charge >= 0.3 is 0 Å². The highest BCUT2D eigenvalue weighted by atomic mass is 16.5. The zero-order valence-corrected chi connectivity index (χ0v) is 10.8. The summed E-state index contributed by atoms with van der Waals surface area (Å²) in [7, 11) is 3.10. The van der Waals surface area contributed by atoms with Crippen molar-refractivity contribution in [1.82, 2.24) is 9.97 Å². The van der Waals surface area contributed by atoms with Crippen molar-refractivity contribution in [3.05, 3.63) is 6.07 Å². The monoisotopic (exact) mass is 256 g/mol. The van der Waals surface area contributed by atoms with Gasteiger partial charge in [-0.25, -0.2) is 0 Å². The fraction of sp³-hybridized carbons (Fsp3) is 0.636. The lowest BCUT2D eigenvalue weighted by molar-refractivity contribution is 0.141. The predicted molar refractivity (Wildman–Crippen MR) is 68.1 cm³/mol. The van der Waals surface area contributed by atoms with Crippen molar-refractivity contribution in [3.8, 4) is 11.8 Å². The summed E-state index contributed by atoms with van der Waals surface area (Å²) in [4.78, 5) is 8.30. The number of hydrogen-bond acceptors (Lipinski definition) is 7. The van der Waals surface area contributed by atoms with Crippen molar-refractivity contribution in [2.75, 3.05) is 45.8 Å². The van der Waals surface area contributed by atoms with Crippen LogP contribution in [0.25, 0.3) is 0 Å². The number of anilines is 1. The van der Waals surface area contributed by atoms with Crippen LogP contribution >= 0.6 is 0 Å². The van der Waals surface area contributed by atoms with E-state index in [9.17, 15) is 0 Å². The van der Waals surface area contributed by atoms with Gasteiger partial charge in [0.25, 0.3) is 0 Å². The van der Waals surface area contributed by atoms with E-state index in [1.165, 1.54) is 0 Å². The standard InChI is InChI=1S/C11H20N4O3/c1-16-9-8-10(17-2)15-11(14-9)13-5-3-6-18-7-4-12/h8H,3-7,12H2,1-2H3,(H,13,14,15). The van der Waals surface area contributed by atoms with E-state index in [0.717, 1.165) is 6.42 Å². The summed E-state index contributed by atoms with van der Waals surface area (Å²) in [5, 5.41) is 3.08. The van der Waals surface area contributed by atoms with E-state index in [0.29, 0.717) is 44.0 Å². The smallest absolute Gasteiger partial charge is 0.229 e. The molecule has 1 aromatic rings. The summed E-state index contributed by atoms with van der Waals surface area (Å²) in [6.07, 6.45) is 0.850. The Morgan fingerprint density at radius 1 is 1.17 bits per heavy atom. The van der Waals surface area contributed by atoms with E-state index in [2.05, 4.69) is 15.3 Å². The van der Waals surface area contributed by atoms with Crippen LogP contribution in [0.15, 0.2) is 6.07 Å².